The predicted octanol–water partition coefficient (Wildman–Crippen LogP) is 4.25. The molecule has 1 amide bonds. The van der Waals surface area contributed by atoms with E-state index < -0.39 is 18.0 Å². The van der Waals surface area contributed by atoms with Gasteiger partial charge in [-0.3, -0.25) is 9.59 Å². The van der Waals surface area contributed by atoms with Crippen LogP contribution in [0.25, 0.3) is 0 Å². The minimum absolute atomic E-state index is 0.0560. The van der Waals surface area contributed by atoms with Crippen molar-refractivity contribution in [3.8, 4) is 0 Å². The fraction of sp³-hybridized carbons (Fsp3) is 0.176. The Morgan fingerprint density at radius 3 is 2.46 bits per heavy atom. The molecule has 0 heterocycles. The van der Waals surface area contributed by atoms with Crippen LogP contribution in [0.3, 0.4) is 0 Å². The number of nitrogens with one attached hydrogen (secondary N) is 1. The number of benzene rings is 2. The lowest BCUT2D eigenvalue weighted by molar-refractivity contribution is -0.152. The van der Waals surface area contributed by atoms with Gasteiger partial charge >= 0.3 is 5.97 Å². The van der Waals surface area contributed by atoms with E-state index in [-0.39, 0.29) is 17.3 Å². The summed E-state index contributed by atoms with van der Waals surface area (Å²) >= 11 is 11.7. The number of rotatable bonds is 5. The minimum atomic E-state index is -1.01. The topological polar surface area (TPSA) is 55.4 Å². The van der Waals surface area contributed by atoms with Crippen molar-refractivity contribution in [2.75, 3.05) is 5.32 Å². The van der Waals surface area contributed by atoms with Crippen molar-refractivity contribution in [3.63, 3.8) is 0 Å². The molecule has 1 N–H and O–H groups in total. The molecule has 2 aromatic carbocycles. The molecule has 0 aliphatic carbocycles. The first-order valence-electron chi connectivity index (χ1n) is 7.05. The average Bonchev–Trinajstić information content (AvgIpc) is 2.52. The molecule has 2 rings (SSSR count). The number of ether oxygens (including phenoxy) is 1. The normalized spacial score (nSPS) is 11.7. The Hall–Kier alpha value is -2.11. The van der Waals surface area contributed by atoms with Crippen LogP contribution in [0, 0.1) is 5.82 Å². The molecule has 24 heavy (non-hydrogen) atoms. The Labute approximate surface area is 148 Å². The molecule has 0 saturated heterocycles. The van der Waals surface area contributed by atoms with Crippen LogP contribution in [-0.2, 0) is 20.7 Å². The quantitative estimate of drug-likeness (QED) is 0.801. The van der Waals surface area contributed by atoms with Gasteiger partial charge in [0.25, 0.3) is 5.91 Å². The fourth-order valence-corrected chi connectivity index (χ4v) is 2.34. The number of carbonyl (C=O) groups is 2. The van der Waals surface area contributed by atoms with Gasteiger partial charge in [0.2, 0.25) is 0 Å². The first-order valence-corrected chi connectivity index (χ1v) is 7.80. The number of hydrogen-bond acceptors (Lipinski definition) is 3. The minimum Gasteiger partial charge on any atom is -0.452 e. The van der Waals surface area contributed by atoms with E-state index in [0.29, 0.717) is 16.3 Å². The highest BCUT2D eigenvalue weighted by molar-refractivity contribution is 6.36. The molecule has 0 bridgehead atoms. The van der Waals surface area contributed by atoms with Gasteiger partial charge in [0.15, 0.2) is 6.10 Å². The van der Waals surface area contributed by atoms with Crippen LogP contribution in [0.2, 0.25) is 10.0 Å². The van der Waals surface area contributed by atoms with Crippen LogP contribution >= 0.6 is 23.2 Å². The average molecular weight is 370 g/mol. The molecule has 0 aromatic heterocycles. The van der Waals surface area contributed by atoms with Gasteiger partial charge in [-0.25, -0.2) is 4.39 Å². The molecular weight excluding hydrogens is 356 g/mol. The van der Waals surface area contributed by atoms with E-state index in [0.717, 1.165) is 0 Å². The lowest BCUT2D eigenvalue weighted by atomic mass is 10.1. The maximum atomic E-state index is 12.8. The van der Waals surface area contributed by atoms with E-state index in [9.17, 15) is 14.0 Å². The molecule has 126 valence electrons. The molecule has 1 atom stereocenters. The van der Waals surface area contributed by atoms with Crippen molar-refractivity contribution < 1.29 is 18.7 Å². The van der Waals surface area contributed by atoms with Gasteiger partial charge in [-0.15, -0.1) is 0 Å². The van der Waals surface area contributed by atoms with Gasteiger partial charge in [0, 0.05) is 5.02 Å². The zero-order chi connectivity index (χ0) is 17.7. The highest BCUT2D eigenvalue weighted by atomic mass is 35.5. The van der Waals surface area contributed by atoms with Crippen LogP contribution in [0.5, 0.6) is 0 Å². The van der Waals surface area contributed by atoms with Crippen LogP contribution in [0.15, 0.2) is 42.5 Å². The van der Waals surface area contributed by atoms with Crippen molar-refractivity contribution in [3.05, 3.63) is 63.9 Å². The third kappa shape index (κ3) is 5.22. The third-order valence-electron chi connectivity index (χ3n) is 3.13. The number of anilines is 1. The van der Waals surface area contributed by atoms with Crippen molar-refractivity contribution >= 4 is 40.8 Å². The Morgan fingerprint density at radius 2 is 1.83 bits per heavy atom. The standard InChI is InChI=1S/C17H14Cl2FNO3/c1-10(17(23)21-15-7-4-12(18)9-14(15)19)24-16(22)8-11-2-5-13(20)6-3-11/h2-7,9-10H,8H2,1H3,(H,21,23)/t10-/m1/s1. The summed E-state index contributed by atoms with van der Waals surface area (Å²) in [7, 11) is 0. The van der Waals surface area contributed by atoms with Crippen LogP contribution in [0.4, 0.5) is 10.1 Å². The second kappa shape index (κ2) is 8.13. The molecule has 7 heteroatoms. The lowest BCUT2D eigenvalue weighted by Crippen LogP contribution is -2.30. The van der Waals surface area contributed by atoms with E-state index in [2.05, 4.69) is 5.32 Å². The van der Waals surface area contributed by atoms with E-state index in [1.165, 1.54) is 37.3 Å². The Balaban J connectivity index is 1.90. The molecule has 0 spiro atoms. The molecule has 0 saturated carbocycles. The zero-order valence-electron chi connectivity index (χ0n) is 12.7. The van der Waals surface area contributed by atoms with Crippen molar-refractivity contribution in [2.45, 2.75) is 19.4 Å². The largest absolute Gasteiger partial charge is 0.452 e. The highest BCUT2D eigenvalue weighted by Gasteiger charge is 2.19. The second-order valence-corrected chi connectivity index (χ2v) is 5.89. The summed E-state index contributed by atoms with van der Waals surface area (Å²) in [5.74, 6) is -1.50. The lowest BCUT2D eigenvalue weighted by Gasteiger charge is -2.14. The summed E-state index contributed by atoms with van der Waals surface area (Å²) in [5, 5.41) is 3.28. The number of amides is 1. The van der Waals surface area contributed by atoms with Gasteiger partial charge in [0.1, 0.15) is 5.82 Å². The molecule has 2 aromatic rings. The molecule has 4 nitrogen and oxygen atoms in total. The summed E-state index contributed by atoms with van der Waals surface area (Å²) < 4.78 is 17.9. The monoisotopic (exact) mass is 369 g/mol. The van der Waals surface area contributed by atoms with Gasteiger partial charge in [-0.2, -0.15) is 0 Å². The van der Waals surface area contributed by atoms with Crippen molar-refractivity contribution in [1.82, 2.24) is 0 Å². The molecule has 0 fully saturated rings. The van der Waals surface area contributed by atoms with E-state index in [1.807, 2.05) is 0 Å². The molecule has 0 unspecified atom stereocenters. The maximum absolute atomic E-state index is 12.8. The van der Waals surface area contributed by atoms with Crippen molar-refractivity contribution in [2.24, 2.45) is 0 Å². The van der Waals surface area contributed by atoms with Crippen LogP contribution in [-0.4, -0.2) is 18.0 Å². The second-order valence-electron chi connectivity index (χ2n) is 5.05. The van der Waals surface area contributed by atoms with Gasteiger partial charge < -0.3 is 10.1 Å². The van der Waals surface area contributed by atoms with E-state index >= 15 is 0 Å². The highest BCUT2D eigenvalue weighted by Crippen LogP contribution is 2.25. The van der Waals surface area contributed by atoms with Crippen LogP contribution < -0.4 is 5.32 Å². The summed E-state index contributed by atoms with van der Waals surface area (Å²) in [6.45, 7) is 1.45. The first kappa shape index (κ1) is 18.2. The van der Waals surface area contributed by atoms with Gasteiger partial charge in [-0.05, 0) is 42.8 Å². The van der Waals surface area contributed by atoms with Crippen LogP contribution in [0.1, 0.15) is 12.5 Å². The van der Waals surface area contributed by atoms with Gasteiger partial charge in [-0.1, -0.05) is 35.3 Å². The Bertz CT molecular complexity index is 750. The summed E-state index contributed by atoms with van der Waals surface area (Å²) in [5.41, 5.74) is 0.960. The SMILES string of the molecule is C[C@@H](OC(=O)Cc1ccc(F)cc1)C(=O)Nc1ccc(Cl)cc1Cl. The summed E-state index contributed by atoms with van der Waals surface area (Å²) in [6.07, 6.45) is -1.07. The number of halogens is 3. The summed E-state index contributed by atoms with van der Waals surface area (Å²) in [6, 6.07) is 10.1. The number of hydrogen-bond donors (Lipinski definition) is 1. The molecular formula is C17H14Cl2FNO3. The summed E-state index contributed by atoms with van der Waals surface area (Å²) in [4.78, 5) is 23.9. The van der Waals surface area contributed by atoms with E-state index in [1.54, 1.807) is 12.1 Å². The molecule has 0 radical (unpaired) electrons. The fourth-order valence-electron chi connectivity index (χ4n) is 1.89. The zero-order valence-corrected chi connectivity index (χ0v) is 14.2. The molecule has 0 aliphatic heterocycles. The maximum Gasteiger partial charge on any atom is 0.311 e. The third-order valence-corrected chi connectivity index (χ3v) is 3.68. The first-order chi connectivity index (χ1) is 11.3. The smallest absolute Gasteiger partial charge is 0.311 e. The number of carbonyl (C=O) groups excluding carboxylic acids is 2. The predicted molar refractivity (Wildman–Crippen MR) is 90.7 cm³/mol. The van der Waals surface area contributed by atoms with Gasteiger partial charge in [0.05, 0.1) is 17.1 Å². The van der Waals surface area contributed by atoms with Crippen molar-refractivity contribution in [1.29, 1.82) is 0 Å². The van der Waals surface area contributed by atoms with E-state index in [4.69, 9.17) is 27.9 Å². The number of esters is 1. The Morgan fingerprint density at radius 1 is 1.17 bits per heavy atom. The Kier molecular flexibility index (Phi) is 6.17. The molecule has 0 aliphatic rings.